The zero-order valence-corrected chi connectivity index (χ0v) is 17.7. The van der Waals surface area contributed by atoms with Gasteiger partial charge in [0.1, 0.15) is 0 Å². The molecule has 2 aliphatic heterocycles. The number of amides is 2. The number of hydrogen-bond donors (Lipinski definition) is 0. The predicted molar refractivity (Wildman–Crippen MR) is 117 cm³/mol. The van der Waals surface area contributed by atoms with Gasteiger partial charge in [0.25, 0.3) is 5.91 Å². The van der Waals surface area contributed by atoms with E-state index in [0.717, 1.165) is 11.3 Å². The molecule has 158 valence electrons. The van der Waals surface area contributed by atoms with Gasteiger partial charge in [-0.15, -0.1) is 11.3 Å². The van der Waals surface area contributed by atoms with Gasteiger partial charge < -0.3 is 14.7 Å². The van der Waals surface area contributed by atoms with Crippen molar-refractivity contribution >= 4 is 29.1 Å². The Morgan fingerprint density at radius 2 is 1.68 bits per heavy atom. The Balaban J connectivity index is 1.33. The zero-order chi connectivity index (χ0) is 21.2. The van der Waals surface area contributed by atoms with Crippen molar-refractivity contribution in [1.29, 1.82) is 0 Å². The third-order valence-electron chi connectivity index (χ3n) is 5.76. The van der Waals surface area contributed by atoms with Crippen molar-refractivity contribution in [2.45, 2.75) is 12.5 Å². The van der Waals surface area contributed by atoms with Crippen LogP contribution in [-0.2, 0) is 11.3 Å². The van der Waals surface area contributed by atoms with Crippen LogP contribution in [-0.4, -0.2) is 69.3 Å². The van der Waals surface area contributed by atoms with Crippen LogP contribution in [0.4, 0.5) is 5.95 Å². The summed E-state index contributed by atoms with van der Waals surface area (Å²) in [7, 11) is 0. The number of carbonyl (C=O) groups is 2. The number of rotatable bonds is 3. The third kappa shape index (κ3) is 3.88. The molecular weight excluding hydrogens is 412 g/mol. The van der Waals surface area contributed by atoms with Crippen LogP contribution in [0, 0.1) is 0 Å². The van der Waals surface area contributed by atoms with Crippen LogP contribution < -0.4 is 4.90 Å². The molecule has 0 radical (unpaired) electrons. The van der Waals surface area contributed by atoms with Crippen LogP contribution in [0.2, 0.25) is 0 Å². The van der Waals surface area contributed by atoms with Crippen molar-refractivity contribution in [1.82, 2.24) is 24.8 Å². The first-order valence-corrected chi connectivity index (χ1v) is 11.2. The molecule has 0 bridgehead atoms. The lowest BCUT2D eigenvalue weighted by molar-refractivity contribution is -0.133. The highest BCUT2D eigenvalue weighted by atomic mass is 32.1. The molecule has 0 N–H and O–H groups in total. The third-order valence-corrected chi connectivity index (χ3v) is 6.62. The van der Waals surface area contributed by atoms with Crippen molar-refractivity contribution in [3.05, 3.63) is 70.4 Å². The molecule has 1 saturated heterocycles. The molecular formula is C22H22N6O2S. The minimum atomic E-state index is -0.451. The van der Waals surface area contributed by atoms with E-state index in [4.69, 9.17) is 0 Å². The maximum atomic E-state index is 13.5. The van der Waals surface area contributed by atoms with Gasteiger partial charge in [-0.05, 0) is 29.1 Å². The fourth-order valence-electron chi connectivity index (χ4n) is 4.18. The SMILES string of the molecule is O=C(c1cccs1)N1Cc2cccnc2C(C(=O)N2CCN(c3ncccn3)CC2)C1. The largest absolute Gasteiger partial charge is 0.339 e. The van der Waals surface area contributed by atoms with E-state index in [9.17, 15) is 9.59 Å². The molecule has 0 aliphatic carbocycles. The highest BCUT2D eigenvalue weighted by molar-refractivity contribution is 7.12. The molecule has 0 aromatic carbocycles. The quantitative estimate of drug-likeness (QED) is 0.627. The van der Waals surface area contributed by atoms with Gasteiger partial charge in [0, 0.05) is 57.9 Å². The molecule has 3 aromatic heterocycles. The maximum Gasteiger partial charge on any atom is 0.264 e. The van der Waals surface area contributed by atoms with E-state index in [0.29, 0.717) is 50.1 Å². The van der Waals surface area contributed by atoms with E-state index in [2.05, 4.69) is 19.9 Å². The van der Waals surface area contributed by atoms with Crippen LogP contribution >= 0.6 is 11.3 Å². The summed E-state index contributed by atoms with van der Waals surface area (Å²) in [4.78, 5) is 46.1. The molecule has 1 unspecified atom stereocenters. The van der Waals surface area contributed by atoms with Crippen LogP contribution in [0.1, 0.15) is 26.8 Å². The number of pyridine rings is 1. The minimum Gasteiger partial charge on any atom is -0.339 e. The maximum absolute atomic E-state index is 13.5. The highest BCUT2D eigenvalue weighted by Crippen LogP contribution is 2.30. The van der Waals surface area contributed by atoms with Crippen LogP contribution in [0.3, 0.4) is 0 Å². The van der Waals surface area contributed by atoms with Crippen molar-refractivity contribution < 1.29 is 9.59 Å². The first kappa shape index (κ1) is 19.6. The highest BCUT2D eigenvalue weighted by Gasteiger charge is 2.37. The van der Waals surface area contributed by atoms with Gasteiger partial charge in [0.05, 0.1) is 16.5 Å². The number of nitrogens with zero attached hydrogens (tertiary/aromatic N) is 6. The fraction of sp³-hybridized carbons (Fsp3) is 0.318. The topological polar surface area (TPSA) is 82.5 Å². The van der Waals surface area contributed by atoms with Gasteiger partial charge >= 0.3 is 0 Å². The lowest BCUT2D eigenvalue weighted by Crippen LogP contribution is -2.52. The minimum absolute atomic E-state index is 0.0252. The summed E-state index contributed by atoms with van der Waals surface area (Å²) in [6.45, 7) is 3.36. The first-order valence-electron chi connectivity index (χ1n) is 10.3. The molecule has 0 spiro atoms. The van der Waals surface area contributed by atoms with Gasteiger partial charge in [0.15, 0.2) is 0 Å². The molecule has 9 heteroatoms. The molecule has 5 rings (SSSR count). The first-order chi connectivity index (χ1) is 15.2. The van der Waals surface area contributed by atoms with Crippen LogP contribution in [0.25, 0.3) is 0 Å². The van der Waals surface area contributed by atoms with Crippen molar-refractivity contribution in [2.24, 2.45) is 0 Å². The summed E-state index contributed by atoms with van der Waals surface area (Å²) < 4.78 is 0. The molecule has 5 heterocycles. The Kier molecular flexibility index (Phi) is 5.33. The van der Waals surface area contributed by atoms with Crippen molar-refractivity contribution in [2.75, 3.05) is 37.6 Å². The zero-order valence-electron chi connectivity index (χ0n) is 16.9. The monoisotopic (exact) mass is 434 g/mol. The number of fused-ring (bicyclic) bond motifs is 1. The number of aromatic nitrogens is 3. The molecule has 1 atom stereocenters. The number of hydrogen-bond acceptors (Lipinski definition) is 7. The fourth-order valence-corrected chi connectivity index (χ4v) is 4.87. The van der Waals surface area contributed by atoms with Crippen LogP contribution in [0.5, 0.6) is 0 Å². The summed E-state index contributed by atoms with van der Waals surface area (Å²) in [5.74, 6) is 0.228. The Hall–Kier alpha value is -3.33. The number of anilines is 1. The van der Waals surface area contributed by atoms with E-state index in [1.54, 1.807) is 29.6 Å². The second-order valence-electron chi connectivity index (χ2n) is 7.62. The molecule has 1 fully saturated rings. The predicted octanol–water partition coefficient (Wildman–Crippen LogP) is 2.02. The second-order valence-corrected chi connectivity index (χ2v) is 8.57. The van der Waals surface area contributed by atoms with E-state index in [-0.39, 0.29) is 11.8 Å². The average Bonchev–Trinajstić information content (AvgIpc) is 3.38. The van der Waals surface area contributed by atoms with E-state index < -0.39 is 5.92 Å². The Bertz CT molecular complexity index is 1070. The van der Waals surface area contributed by atoms with Crippen molar-refractivity contribution in [3.63, 3.8) is 0 Å². The molecule has 3 aromatic rings. The number of piperazine rings is 1. The average molecular weight is 435 g/mol. The molecule has 0 saturated carbocycles. The van der Waals surface area contributed by atoms with E-state index in [1.165, 1.54) is 11.3 Å². The second kappa shape index (κ2) is 8.43. The smallest absolute Gasteiger partial charge is 0.264 e. The standard InChI is InChI=1S/C22H22N6O2S/c29-20(26-9-11-27(12-10-26)22-24-7-3-8-25-22)17-15-28(21(30)18-5-2-13-31-18)14-16-4-1-6-23-19(16)17/h1-8,13,17H,9-12,14-15H2. The normalized spacial score (nSPS) is 18.6. The van der Waals surface area contributed by atoms with Crippen molar-refractivity contribution in [3.8, 4) is 0 Å². The summed E-state index contributed by atoms with van der Waals surface area (Å²) in [5.41, 5.74) is 1.73. The van der Waals surface area contributed by atoms with Gasteiger partial charge in [-0.25, -0.2) is 9.97 Å². The van der Waals surface area contributed by atoms with E-state index >= 15 is 0 Å². The Morgan fingerprint density at radius 3 is 2.42 bits per heavy atom. The van der Waals surface area contributed by atoms with E-state index in [1.807, 2.05) is 34.5 Å². The Morgan fingerprint density at radius 1 is 0.903 bits per heavy atom. The lowest BCUT2D eigenvalue weighted by atomic mass is 9.93. The number of carbonyl (C=O) groups excluding carboxylic acids is 2. The van der Waals surface area contributed by atoms with Gasteiger partial charge in [-0.3, -0.25) is 14.6 Å². The molecule has 8 nitrogen and oxygen atoms in total. The molecule has 2 aliphatic rings. The lowest BCUT2D eigenvalue weighted by Gasteiger charge is -2.39. The summed E-state index contributed by atoms with van der Waals surface area (Å²) in [5, 5.41) is 1.89. The molecule has 2 amide bonds. The summed E-state index contributed by atoms with van der Waals surface area (Å²) in [6, 6.07) is 9.31. The number of thiophene rings is 1. The van der Waals surface area contributed by atoms with Gasteiger partial charge in [0.2, 0.25) is 11.9 Å². The van der Waals surface area contributed by atoms with Crippen LogP contribution in [0.15, 0.2) is 54.3 Å². The van der Waals surface area contributed by atoms with Gasteiger partial charge in [-0.1, -0.05) is 12.1 Å². The van der Waals surface area contributed by atoms with Gasteiger partial charge in [-0.2, -0.15) is 0 Å². The summed E-state index contributed by atoms with van der Waals surface area (Å²) >= 11 is 1.42. The molecule has 31 heavy (non-hydrogen) atoms. The Labute approximate surface area is 184 Å². The summed E-state index contributed by atoms with van der Waals surface area (Å²) in [6.07, 6.45) is 5.17.